The van der Waals surface area contributed by atoms with E-state index in [1.54, 1.807) is 0 Å². The molecule has 2 nitrogen and oxygen atoms in total. The summed E-state index contributed by atoms with van der Waals surface area (Å²) in [5.74, 6) is 0.869. The van der Waals surface area contributed by atoms with Gasteiger partial charge in [-0.25, -0.2) is 0 Å². The number of benzene rings is 2. The molecule has 0 aromatic heterocycles. The van der Waals surface area contributed by atoms with Crippen molar-refractivity contribution < 1.29 is 9.53 Å². The molecule has 0 heterocycles. The number of rotatable bonds is 4. The van der Waals surface area contributed by atoms with E-state index in [0.29, 0.717) is 12.2 Å². The first-order valence-electron chi connectivity index (χ1n) is 6.35. The molecular formula is C17H18O2. The third-order valence-electron chi connectivity index (χ3n) is 3.25. The summed E-state index contributed by atoms with van der Waals surface area (Å²) in [7, 11) is 0. The van der Waals surface area contributed by atoms with Crippen molar-refractivity contribution in [3.8, 4) is 5.75 Å². The highest BCUT2D eigenvalue weighted by Crippen LogP contribution is 2.25. The number of hydrogen-bond acceptors (Lipinski definition) is 2. The molecule has 0 saturated heterocycles. The molecule has 0 radical (unpaired) electrons. The van der Waals surface area contributed by atoms with Crippen LogP contribution < -0.4 is 4.74 Å². The van der Waals surface area contributed by atoms with Gasteiger partial charge in [-0.15, -0.1) is 0 Å². The van der Waals surface area contributed by atoms with Crippen molar-refractivity contribution in [3.63, 3.8) is 0 Å². The van der Waals surface area contributed by atoms with Crippen LogP contribution in [-0.2, 0) is 6.61 Å². The topological polar surface area (TPSA) is 26.3 Å². The van der Waals surface area contributed by atoms with Crippen LogP contribution in [0.3, 0.4) is 0 Å². The molecule has 0 unspecified atom stereocenters. The summed E-state index contributed by atoms with van der Waals surface area (Å²) in [5, 5.41) is 0. The molecule has 19 heavy (non-hydrogen) atoms. The molecule has 2 aromatic rings. The monoisotopic (exact) mass is 254 g/mol. The van der Waals surface area contributed by atoms with Gasteiger partial charge in [0, 0.05) is 5.56 Å². The Hall–Kier alpha value is -2.09. The molecule has 0 aliphatic rings. The Bertz CT molecular complexity index is 577. The fourth-order valence-electron chi connectivity index (χ4n) is 2.20. The van der Waals surface area contributed by atoms with Gasteiger partial charge in [-0.2, -0.15) is 0 Å². The normalized spacial score (nSPS) is 10.3. The van der Waals surface area contributed by atoms with Gasteiger partial charge < -0.3 is 4.74 Å². The second kappa shape index (κ2) is 5.70. The van der Waals surface area contributed by atoms with Crippen LogP contribution in [0.2, 0.25) is 0 Å². The van der Waals surface area contributed by atoms with E-state index in [0.717, 1.165) is 23.2 Å². The summed E-state index contributed by atoms with van der Waals surface area (Å²) in [4.78, 5) is 10.8. The average molecular weight is 254 g/mol. The van der Waals surface area contributed by atoms with Crippen molar-refractivity contribution in [2.24, 2.45) is 0 Å². The van der Waals surface area contributed by atoms with Crippen LogP contribution in [0.4, 0.5) is 0 Å². The Morgan fingerprint density at radius 2 is 1.63 bits per heavy atom. The van der Waals surface area contributed by atoms with Crippen molar-refractivity contribution in [2.75, 3.05) is 0 Å². The minimum atomic E-state index is 0.550. The van der Waals surface area contributed by atoms with Gasteiger partial charge in [0.15, 0.2) is 0 Å². The Kier molecular flexibility index (Phi) is 4.00. The SMILES string of the molecule is Cc1ccccc1COc1c(C)cc(C=O)cc1C. The number of aryl methyl sites for hydroxylation is 3. The highest BCUT2D eigenvalue weighted by Gasteiger charge is 2.07. The largest absolute Gasteiger partial charge is 0.488 e. The predicted molar refractivity (Wildman–Crippen MR) is 76.8 cm³/mol. The quantitative estimate of drug-likeness (QED) is 0.771. The van der Waals surface area contributed by atoms with Gasteiger partial charge in [0.1, 0.15) is 18.6 Å². The number of carbonyl (C=O) groups excluding carboxylic acids is 1. The first-order chi connectivity index (χ1) is 9.11. The fourth-order valence-corrected chi connectivity index (χ4v) is 2.20. The van der Waals surface area contributed by atoms with Gasteiger partial charge in [-0.1, -0.05) is 24.3 Å². The van der Waals surface area contributed by atoms with Crippen LogP contribution in [0.5, 0.6) is 5.75 Å². The number of carbonyl (C=O) groups is 1. The van der Waals surface area contributed by atoms with Crippen molar-refractivity contribution in [2.45, 2.75) is 27.4 Å². The molecule has 0 N–H and O–H groups in total. The standard InChI is InChI=1S/C17H18O2/c1-12-6-4-5-7-16(12)11-19-17-13(2)8-15(10-18)9-14(17)3/h4-10H,11H2,1-3H3. The lowest BCUT2D eigenvalue weighted by Gasteiger charge is -2.14. The summed E-state index contributed by atoms with van der Waals surface area (Å²) in [6.07, 6.45) is 0.866. The van der Waals surface area contributed by atoms with Crippen molar-refractivity contribution in [1.82, 2.24) is 0 Å². The lowest BCUT2D eigenvalue weighted by Crippen LogP contribution is -2.01. The van der Waals surface area contributed by atoms with Crippen LogP contribution in [0.15, 0.2) is 36.4 Å². The summed E-state index contributed by atoms with van der Waals surface area (Å²) >= 11 is 0. The van der Waals surface area contributed by atoms with Crippen molar-refractivity contribution in [3.05, 3.63) is 64.2 Å². The predicted octanol–water partition coefficient (Wildman–Crippen LogP) is 4.00. The fraction of sp³-hybridized carbons (Fsp3) is 0.235. The van der Waals surface area contributed by atoms with Gasteiger partial charge in [0.05, 0.1) is 0 Å². The number of ether oxygens (including phenoxy) is 1. The summed E-state index contributed by atoms with van der Waals surface area (Å²) in [6, 6.07) is 11.9. The number of aldehydes is 1. The Balaban J connectivity index is 2.21. The van der Waals surface area contributed by atoms with Crippen LogP contribution >= 0.6 is 0 Å². The van der Waals surface area contributed by atoms with Crippen LogP contribution in [-0.4, -0.2) is 6.29 Å². The zero-order chi connectivity index (χ0) is 13.8. The highest BCUT2D eigenvalue weighted by molar-refractivity contribution is 5.76. The molecule has 0 spiro atoms. The second-order valence-corrected chi connectivity index (χ2v) is 4.82. The smallest absolute Gasteiger partial charge is 0.150 e. The Morgan fingerprint density at radius 1 is 1.00 bits per heavy atom. The van der Waals surface area contributed by atoms with Gasteiger partial charge in [0.25, 0.3) is 0 Å². The Labute approximate surface area is 114 Å². The molecule has 0 aliphatic carbocycles. The van der Waals surface area contributed by atoms with E-state index in [9.17, 15) is 4.79 Å². The second-order valence-electron chi connectivity index (χ2n) is 4.82. The minimum Gasteiger partial charge on any atom is -0.488 e. The Morgan fingerprint density at radius 3 is 2.21 bits per heavy atom. The van der Waals surface area contributed by atoms with Gasteiger partial charge >= 0.3 is 0 Å². The molecule has 0 aliphatic heterocycles. The maximum atomic E-state index is 10.8. The van der Waals surface area contributed by atoms with Crippen molar-refractivity contribution >= 4 is 6.29 Å². The summed E-state index contributed by atoms with van der Waals surface area (Å²) in [6.45, 7) is 6.56. The summed E-state index contributed by atoms with van der Waals surface area (Å²) < 4.78 is 5.92. The zero-order valence-corrected chi connectivity index (χ0v) is 11.6. The molecule has 0 atom stereocenters. The maximum absolute atomic E-state index is 10.8. The molecule has 0 bridgehead atoms. The molecule has 0 fully saturated rings. The molecule has 0 saturated carbocycles. The van der Waals surface area contributed by atoms with E-state index >= 15 is 0 Å². The lowest BCUT2D eigenvalue weighted by molar-refractivity contribution is 0.112. The third kappa shape index (κ3) is 3.02. The van der Waals surface area contributed by atoms with E-state index in [1.807, 2.05) is 38.1 Å². The van der Waals surface area contributed by atoms with Crippen LogP contribution in [0, 0.1) is 20.8 Å². The molecular weight excluding hydrogens is 236 g/mol. The zero-order valence-electron chi connectivity index (χ0n) is 11.6. The van der Waals surface area contributed by atoms with Crippen molar-refractivity contribution in [1.29, 1.82) is 0 Å². The van der Waals surface area contributed by atoms with E-state index in [-0.39, 0.29) is 0 Å². The maximum Gasteiger partial charge on any atom is 0.150 e. The van der Waals surface area contributed by atoms with E-state index in [1.165, 1.54) is 11.1 Å². The average Bonchev–Trinajstić information content (AvgIpc) is 2.39. The molecule has 2 aromatic carbocycles. The third-order valence-corrected chi connectivity index (χ3v) is 3.25. The van der Waals surface area contributed by atoms with Gasteiger partial charge in [-0.3, -0.25) is 4.79 Å². The minimum absolute atomic E-state index is 0.550. The molecule has 0 amide bonds. The molecule has 98 valence electrons. The van der Waals surface area contributed by atoms with Gasteiger partial charge in [0.2, 0.25) is 0 Å². The van der Waals surface area contributed by atoms with Crippen LogP contribution in [0.25, 0.3) is 0 Å². The first-order valence-corrected chi connectivity index (χ1v) is 6.35. The van der Waals surface area contributed by atoms with E-state index < -0.39 is 0 Å². The molecule has 2 heteroatoms. The van der Waals surface area contributed by atoms with E-state index in [2.05, 4.69) is 19.1 Å². The molecule has 2 rings (SSSR count). The van der Waals surface area contributed by atoms with Gasteiger partial charge in [-0.05, 0) is 55.2 Å². The van der Waals surface area contributed by atoms with E-state index in [4.69, 9.17) is 4.74 Å². The lowest BCUT2D eigenvalue weighted by atomic mass is 10.1. The summed E-state index contributed by atoms with van der Waals surface area (Å²) in [5.41, 5.74) is 5.09. The highest BCUT2D eigenvalue weighted by atomic mass is 16.5. The number of hydrogen-bond donors (Lipinski definition) is 0. The van der Waals surface area contributed by atoms with Crippen LogP contribution in [0.1, 0.15) is 32.6 Å². The first kappa shape index (κ1) is 13.3.